The van der Waals surface area contributed by atoms with Crippen LogP contribution in [0.15, 0.2) is 17.5 Å². The molecule has 0 saturated carbocycles. The average molecular weight is 234 g/mol. The van der Waals surface area contributed by atoms with E-state index in [4.69, 9.17) is 0 Å². The van der Waals surface area contributed by atoms with E-state index in [9.17, 15) is 0 Å². The second-order valence-corrected chi connectivity index (χ2v) is 4.35. The van der Waals surface area contributed by atoms with Gasteiger partial charge in [0.1, 0.15) is 0 Å². The van der Waals surface area contributed by atoms with E-state index in [0.717, 1.165) is 13.1 Å². The number of hydrogen-bond acceptors (Lipinski definition) is 2. The molecule has 14 heavy (non-hydrogen) atoms. The minimum atomic E-state index is 0. The maximum absolute atomic E-state index is 3.46. The van der Waals surface area contributed by atoms with Crippen LogP contribution >= 0.6 is 23.7 Å². The normalized spacial score (nSPS) is 9.79. The van der Waals surface area contributed by atoms with Crippen LogP contribution in [0, 0.1) is 0 Å². The quantitative estimate of drug-likeness (QED) is 0.706. The van der Waals surface area contributed by atoms with Crippen molar-refractivity contribution in [2.24, 2.45) is 0 Å². The van der Waals surface area contributed by atoms with Gasteiger partial charge in [0, 0.05) is 11.4 Å². The van der Waals surface area contributed by atoms with Gasteiger partial charge in [-0.2, -0.15) is 0 Å². The summed E-state index contributed by atoms with van der Waals surface area (Å²) >= 11 is 1.83. The number of halogens is 1. The molecule has 1 rings (SSSR count). The molecular formula is C11H20ClNS. The first-order valence-electron chi connectivity index (χ1n) is 5.16. The predicted octanol–water partition coefficient (Wildman–Crippen LogP) is 3.84. The van der Waals surface area contributed by atoms with E-state index < -0.39 is 0 Å². The Kier molecular flexibility index (Phi) is 9.47. The van der Waals surface area contributed by atoms with Gasteiger partial charge >= 0.3 is 0 Å². The van der Waals surface area contributed by atoms with Crippen molar-refractivity contribution in [1.29, 1.82) is 0 Å². The Morgan fingerprint density at radius 2 is 2.14 bits per heavy atom. The van der Waals surface area contributed by atoms with Crippen molar-refractivity contribution in [3.05, 3.63) is 22.4 Å². The number of thiophene rings is 1. The summed E-state index contributed by atoms with van der Waals surface area (Å²) in [5.74, 6) is 0. The van der Waals surface area contributed by atoms with Crippen molar-refractivity contribution < 1.29 is 0 Å². The molecule has 0 saturated heterocycles. The van der Waals surface area contributed by atoms with Gasteiger partial charge in [0.15, 0.2) is 0 Å². The number of unbranched alkanes of at least 4 members (excludes halogenated alkanes) is 3. The highest BCUT2D eigenvalue weighted by molar-refractivity contribution is 7.09. The Bertz CT molecular complexity index is 199. The molecule has 1 N–H and O–H groups in total. The van der Waals surface area contributed by atoms with Crippen LogP contribution in [0.2, 0.25) is 0 Å². The van der Waals surface area contributed by atoms with Gasteiger partial charge in [-0.1, -0.05) is 32.3 Å². The minimum absolute atomic E-state index is 0. The van der Waals surface area contributed by atoms with E-state index in [-0.39, 0.29) is 12.4 Å². The SMILES string of the molecule is CCCCCCNCc1cccs1.Cl. The molecule has 0 aromatic carbocycles. The second-order valence-electron chi connectivity index (χ2n) is 3.32. The molecule has 1 aromatic heterocycles. The lowest BCUT2D eigenvalue weighted by molar-refractivity contribution is 0.600. The maximum atomic E-state index is 3.46. The number of rotatable bonds is 7. The first-order valence-corrected chi connectivity index (χ1v) is 6.04. The van der Waals surface area contributed by atoms with Crippen molar-refractivity contribution >= 4 is 23.7 Å². The third kappa shape index (κ3) is 6.41. The fraction of sp³-hybridized carbons (Fsp3) is 0.636. The van der Waals surface area contributed by atoms with Crippen molar-refractivity contribution in [2.45, 2.75) is 39.2 Å². The topological polar surface area (TPSA) is 12.0 Å². The third-order valence-electron chi connectivity index (χ3n) is 2.09. The molecule has 0 unspecified atom stereocenters. The molecule has 1 heterocycles. The highest BCUT2D eigenvalue weighted by atomic mass is 35.5. The van der Waals surface area contributed by atoms with Crippen LogP contribution in [0.3, 0.4) is 0 Å². The van der Waals surface area contributed by atoms with Crippen LogP contribution in [0.5, 0.6) is 0 Å². The third-order valence-corrected chi connectivity index (χ3v) is 2.96. The molecule has 1 aromatic rings. The standard InChI is InChI=1S/C11H19NS.ClH/c1-2-3-4-5-8-12-10-11-7-6-9-13-11;/h6-7,9,12H,2-5,8,10H2,1H3;1H. The van der Waals surface area contributed by atoms with Gasteiger partial charge in [0.05, 0.1) is 0 Å². The van der Waals surface area contributed by atoms with E-state index in [1.165, 1.54) is 30.6 Å². The second kappa shape index (κ2) is 9.50. The molecule has 0 fully saturated rings. The summed E-state index contributed by atoms with van der Waals surface area (Å²) < 4.78 is 0. The largest absolute Gasteiger partial charge is 0.312 e. The van der Waals surface area contributed by atoms with E-state index in [1.54, 1.807) is 0 Å². The summed E-state index contributed by atoms with van der Waals surface area (Å²) in [5.41, 5.74) is 0. The first-order chi connectivity index (χ1) is 6.43. The zero-order valence-corrected chi connectivity index (χ0v) is 10.4. The fourth-order valence-corrected chi connectivity index (χ4v) is 1.98. The Labute approximate surface area is 97.3 Å². The molecule has 0 aliphatic carbocycles. The molecule has 82 valence electrons. The summed E-state index contributed by atoms with van der Waals surface area (Å²) in [7, 11) is 0. The highest BCUT2D eigenvalue weighted by Crippen LogP contribution is 2.07. The molecule has 0 amide bonds. The van der Waals surface area contributed by atoms with Crippen molar-refractivity contribution in [2.75, 3.05) is 6.54 Å². The van der Waals surface area contributed by atoms with Crippen LogP contribution in [0.25, 0.3) is 0 Å². The molecule has 0 aliphatic heterocycles. The van der Waals surface area contributed by atoms with Gasteiger partial charge in [-0.3, -0.25) is 0 Å². The molecule has 0 aliphatic rings. The number of nitrogens with one attached hydrogen (secondary N) is 1. The minimum Gasteiger partial charge on any atom is -0.312 e. The Hall–Kier alpha value is -0.0500. The highest BCUT2D eigenvalue weighted by Gasteiger charge is 1.92. The van der Waals surface area contributed by atoms with Crippen LogP contribution in [0.4, 0.5) is 0 Å². The van der Waals surface area contributed by atoms with Crippen LogP contribution in [0.1, 0.15) is 37.5 Å². The van der Waals surface area contributed by atoms with Crippen molar-refractivity contribution in [3.8, 4) is 0 Å². The lowest BCUT2D eigenvalue weighted by Gasteiger charge is -2.01. The smallest absolute Gasteiger partial charge is 0.0299 e. The maximum Gasteiger partial charge on any atom is 0.0299 e. The predicted molar refractivity (Wildman–Crippen MR) is 67.4 cm³/mol. The molecule has 0 atom stereocenters. The van der Waals surface area contributed by atoms with Gasteiger partial charge in [-0.25, -0.2) is 0 Å². The molecule has 3 heteroatoms. The van der Waals surface area contributed by atoms with Crippen molar-refractivity contribution in [1.82, 2.24) is 5.32 Å². The molecule has 0 radical (unpaired) electrons. The van der Waals surface area contributed by atoms with Gasteiger partial charge in [-0.15, -0.1) is 23.7 Å². The molecule has 1 nitrogen and oxygen atoms in total. The van der Waals surface area contributed by atoms with Crippen LogP contribution < -0.4 is 5.32 Å². The molecule has 0 bridgehead atoms. The fourth-order valence-electron chi connectivity index (χ4n) is 1.30. The van der Waals surface area contributed by atoms with Gasteiger partial charge in [0.2, 0.25) is 0 Å². The van der Waals surface area contributed by atoms with Gasteiger partial charge < -0.3 is 5.32 Å². The Morgan fingerprint density at radius 3 is 2.79 bits per heavy atom. The van der Waals surface area contributed by atoms with E-state index in [1.807, 2.05) is 11.3 Å². The van der Waals surface area contributed by atoms with E-state index in [2.05, 4.69) is 29.8 Å². The zero-order valence-electron chi connectivity index (χ0n) is 8.79. The van der Waals surface area contributed by atoms with E-state index in [0.29, 0.717) is 0 Å². The number of hydrogen-bond donors (Lipinski definition) is 1. The monoisotopic (exact) mass is 233 g/mol. The summed E-state index contributed by atoms with van der Waals surface area (Å²) in [6.45, 7) is 4.46. The summed E-state index contributed by atoms with van der Waals surface area (Å²) in [4.78, 5) is 1.44. The lowest BCUT2D eigenvalue weighted by atomic mass is 10.2. The molecule has 0 spiro atoms. The Morgan fingerprint density at radius 1 is 1.29 bits per heavy atom. The first kappa shape index (κ1) is 13.9. The van der Waals surface area contributed by atoms with Gasteiger partial charge in [-0.05, 0) is 24.4 Å². The summed E-state index contributed by atoms with van der Waals surface area (Å²) in [6.07, 6.45) is 5.39. The summed E-state index contributed by atoms with van der Waals surface area (Å²) in [6, 6.07) is 4.29. The Balaban J connectivity index is 0.00000169. The lowest BCUT2D eigenvalue weighted by Crippen LogP contribution is -2.13. The zero-order chi connectivity index (χ0) is 9.36. The van der Waals surface area contributed by atoms with Gasteiger partial charge in [0.25, 0.3) is 0 Å². The molecular weight excluding hydrogens is 214 g/mol. The van der Waals surface area contributed by atoms with E-state index >= 15 is 0 Å². The van der Waals surface area contributed by atoms with Crippen LogP contribution in [-0.2, 0) is 6.54 Å². The van der Waals surface area contributed by atoms with Crippen LogP contribution in [-0.4, -0.2) is 6.54 Å². The van der Waals surface area contributed by atoms with Crippen molar-refractivity contribution in [3.63, 3.8) is 0 Å². The summed E-state index contributed by atoms with van der Waals surface area (Å²) in [5, 5.41) is 5.59. The average Bonchev–Trinajstić information content (AvgIpc) is 2.63.